The molecule has 1 atom stereocenters. The Morgan fingerprint density at radius 3 is 2.33 bits per heavy atom. The van der Waals surface area contributed by atoms with Gasteiger partial charge < -0.3 is 10.4 Å². The summed E-state index contributed by atoms with van der Waals surface area (Å²) in [4.78, 5) is 22.6. The van der Waals surface area contributed by atoms with Gasteiger partial charge in [-0.2, -0.15) is 0 Å². The third kappa shape index (κ3) is 6.62. The molecule has 0 aromatic rings. The van der Waals surface area contributed by atoms with Crippen molar-refractivity contribution in [3.05, 3.63) is 0 Å². The normalized spacial score (nSPS) is 13.1. The smallest absolute Gasteiger partial charge is 0.310 e. The van der Waals surface area contributed by atoms with E-state index in [1.54, 1.807) is 13.8 Å². The Labute approximate surface area is 110 Å². The van der Waals surface area contributed by atoms with Crippen molar-refractivity contribution in [3.63, 3.8) is 0 Å². The molecule has 0 aliphatic carbocycles. The van der Waals surface area contributed by atoms with E-state index >= 15 is 0 Å². The van der Waals surface area contributed by atoms with Crippen LogP contribution in [0.15, 0.2) is 0 Å². The Balaban J connectivity index is 4.06. The highest BCUT2D eigenvalue weighted by Gasteiger charge is 2.27. The monoisotopic (exact) mass is 257 g/mol. The topological polar surface area (TPSA) is 66.4 Å². The second kappa shape index (κ2) is 8.11. The number of unbranched alkanes of at least 4 members (excludes halogenated alkanes) is 1. The molecule has 0 saturated carbocycles. The van der Waals surface area contributed by atoms with Crippen LogP contribution in [0.25, 0.3) is 0 Å². The van der Waals surface area contributed by atoms with E-state index in [1.165, 1.54) is 0 Å². The number of carboxylic acids is 1. The van der Waals surface area contributed by atoms with Gasteiger partial charge in [-0.3, -0.25) is 9.59 Å². The van der Waals surface area contributed by atoms with Gasteiger partial charge in [0.15, 0.2) is 0 Å². The van der Waals surface area contributed by atoms with Crippen LogP contribution in [0.3, 0.4) is 0 Å². The lowest BCUT2D eigenvalue weighted by Gasteiger charge is -2.20. The molecule has 0 bridgehead atoms. The number of hydrogen-bond donors (Lipinski definition) is 2. The molecule has 0 fully saturated rings. The van der Waals surface area contributed by atoms with E-state index in [0.29, 0.717) is 12.3 Å². The molecule has 4 nitrogen and oxygen atoms in total. The Hall–Kier alpha value is -1.06. The maximum atomic E-state index is 11.7. The van der Waals surface area contributed by atoms with Crippen LogP contribution in [0.2, 0.25) is 0 Å². The van der Waals surface area contributed by atoms with Gasteiger partial charge in [0.05, 0.1) is 5.41 Å². The molecule has 1 unspecified atom stereocenters. The van der Waals surface area contributed by atoms with Gasteiger partial charge in [-0.05, 0) is 26.2 Å². The van der Waals surface area contributed by atoms with Crippen LogP contribution >= 0.6 is 0 Å². The highest BCUT2D eigenvalue weighted by Crippen LogP contribution is 2.17. The molecule has 0 spiro atoms. The molecular weight excluding hydrogens is 230 g/mol. The lowest BCUT2D eigenvalue weighted by atomic mass is 9.93. The predicted octanol–water partition coefficient (Wildman–Crippen LogP) is 2.82. The van der Waals surface area contributed by atoms with E-state index in [-0.39, 0.29) is 12.5 Å². The van der Waals surface area contributed by atoms with Crippen molar-refractivity contribution in [1.82, 2.24) is 5.32 Å². The minimum Gasteiger partial charge on any atom is -0.481 e. The average Bonchev–Trinajstić information content (AvgIpc) is 2.31. The zero-order chi connectivity index (χ0) is 14.2. The molecule has 0 aliphatic rings. The molecule has 2 N–H and O–H groups in total. The van der Waals surface area contributed by atoms with E-state index in [0.717, 1.165) is 25.7 Å². The lowest BCUT2D eigenvalue weighted by molar-refractivity contribution is -0.146. The van der Waals surface area contributed by atoms with Crippen LogP contribution in [-0.4, -0.2) is 23.5 Å². The van der Waals surface area contributed by atoms with Crippen LogP contribution in [0.5, 0.6) is 0 Å². The summed E-state index contributed by atoms with van der Waals surface area (Å²) in [6.45, 7) is 7.65. The van der Waals surface area contributed by atoms with Crippen molar-refractivity contribution in [2.45, 2.75) is 59.8 Å². The van der Waals surface area contributed by atoms with Gasteiger partial charge in [-0.25, -0.2) is 0 Å². The standard InChI is InChI=1S/C14H27NO3/c1-5-7-8-11(6-2)9-12(16)15-10-14(3,4)13(17)18/h11H,5-10H2,1-4H3,(H,15,16)(H,17,18). The van der Waals surface area contributed by atoms with Crippen molar-refractivity contribution < 1.29 is 14.7 Å². The van der Waals surface area contributed by atoms with Crippen LogP contribution in [0.4, 0.5) is 0 Å². The first-order valence-corrected chi connectivity index (χ1v) is 6.83. The van der Waals surface area contributed by atoms with E-state index in [4.69, 9.17) is 5.11 Å². The average molecular weight is 257 g/mol. The fourth-order valence-corrected chi connectivity index (χ4v) is 1.67. The fourth-order valence-electron chi connectivity index (χ4n) is 1.67. The zero-order valence-corrected chi connectivity index (χ0v) is 12.1. The zero-order valence-electron chi connectivity index (χ0n) is 12.1. The van der Waals surface area contributed by atoms with Gasteiger partial charge in [-0.15, -0.1) is 0 Å². The van der Waals surface area contributed by atoms with Crippen LogP contribution in [-0.2, 0) is 9.59 Å². The fraction of sp³-hybridized carbons (Fsp3) is 0.857. The van der Waals surface area contributed by atoms with E-state index < -0.39 is 11.4 Å². The third-order valence-electron chi connectivity index (χ3n) is 3.32. The number of rotatable bonds is 9. The minimum atomic E-state index is -0.902. The molecule has 1 amide bonds. The molecule has 0 heterocycles. The number of carbonyl (C=O) groups is 2. The molecule has 0 saturated heterocycles. The molecule has 18 heavy (non-hydrogen) atoms. The van der Waals surface area contributed by atoms with Crippen molar-refractivity contribution in [2.75, 3.05) is 6.54 Å². The molecule has 106 valence electrons. The quantitative estimate of drug-likeness (QED) is 0.667. The second-order valence-electron chi connectivity index (χ2n) is 5.59. The van der Waals surface area contributed by atoms with Gasteiger partial charge >= 0.3 is 5.97 Å². The van der Waals surface area contributed by atoms with Crippen LogP contribution in [0.1, 0.15) is 59.8 Å². The maximum Gasteiger partial charge on any atom is 0.310 e. The number of aliphatic carboxylic acids is 1. The Bertz CT molecular complexity index is 274. The van der Waals surface area contributed by atoms with Crippen molar-refractivity contribution in [3.8, 4) is 0 Å². The SMILES string of the molecule is CCCCC(CC)CC(=O)NCC(C)(C)C(=O)O. The van der Waals surface area contributed by atoms with Gasteiger partial charge in [-0.1, -0.05) is 33.1 Å². The first-order chi connectivity index (χ1) is 8.33. The van der Waals surface area contributed by atoms with E-state index in [1.807, 2.05) is 0 Å². The minimum absolute atomic E-state index is 0.0349. The number of amides is 1. The van der Waals surface area contributed by atoms with Gasteiger partial charge in [0.25, 0.3) is 0 Å². The van der Waals surface area contributed by atoms with Crippen molar-refractivity contribution >= 4 is 11.9 Å². The number of hydrogen-bond acceptors (Lipinski definition) is 2. The van der Waals surface area contributed by atoms with Crippen LogP contribution in [0, 0.1) is 11.3 Å². The first kappa shape index (κ1) is 16.9. The second-order valence-corrected chi connectivity index (χ2v) is 5.59. The number of nitrogens with one attached hydrogen (secondary N) is 1. The summed E-state index contributed by atoms with van der Waals surface area (Å²) >= 11 is 0. The lowest BCUT2D eigenvalue weighted by Crippen LogP contribution is -2.39. The maximum absolute atomic E-state index is 11.7. The summed E-state index contributed by atoms with van der Waals surface area (Å²) < 4.78 is 0. The van der Waals surface area contributed by atoms with Gasteiger partial charge in [0.2, 0.25) is 5.91 Å². The van der Waals surface area contributed by atoms with Gasteiger partial charge in [0, 0.05) is 13.0 Å². The first-order valence-electron chi connectivity index (χ1n) is 6.83. The molecule has 0 radical (unpaired) electrons. The summed E-state index contributed by atoms with van der Waals surface area (Å²) in [6, 6.07) is 0. The van der Waals surface area contributed by atoms with Gasteiger partial charge in [0.1, 0.15) is 0 Å². The summed E-state index contributed by atoms with van der Waals surface area (Å²) in [5.74, 6) is -0.508. The molecule has 0 aromatic carbocycles. The van der Waals surface area contributed by atoms with E-state index in [9.17, 15) is 9.59 Å². The summed E-state index contributed by atoms with van der Waals surface area (Å²) in [5, 5.41) is 11.7. The molecule has 0 rings (SSSR count). The molecule has 0 aliphatic heterocycles. The molecule has 4 heteroatoms. The summed E-state index contributed by atoms with van der Waals surface area (Å²) in [6.07, 6.45) is 4.86. The third-order valence-corrected chi connectivity index (χ3v) is 3.32. The molecule has 0 aromatic heterocycles. The summed E-state index contributed by atoms with van der Waals surface area (Å²) in [5.41, 5.74) is -0.902. The van der Waals surface area contributed by atoms with E-state index in [2.05, 4.69) is 19.2 Å². The van der Waals surface area contributed by atoms with Crippen LogP contribution < -0.4 is 5.32 Å². The van der Waals surface area contributed by atoms with Crippen molar-refractivity contribution in [1.29, 1.82) is 0 Å². The number of carbonyl (C=O) groups excluding carboxylic acids is 1. The largest absolute Gasteiger partial charge is 0.481 e. The number of carboxylic acid groups (broad SMARTS) is 1. The summed E-state index contributed by atoms with van der Waals surface area (Å²) in [7, 11) is 0. The Kier molecular flexibility index (Phi) is 7.64. The predicted molar refractivity (Wildman–Crippen MR) is 72.3 cm³/mol. The highest BCUT2D eigenvalue weighted by atomic mass is 16.4. The van der Waals surface area contributed by atoms with Crippen molar-refractivity contribution in [2.24, 2.45) is 11.3 Å². The Morgan fingerprint density at radius 1 is 1.28 bits per heavy atom. The highest BCUT2D eigenvalue weighted by molar-refractivity contribution is 5.78. The molecular formula is C14H27NO3. The Morgan fingerprint density at radius 2 is 1.89 bits per heavy atom.